The zero-order chi connectivity index (χ0) is 22.8. The number of hydrogen-bond acceptors (Lipinski definition) is 7. The highest BCUT2D eigenvalue weighted by atomic mass is 35.5. The van der Waals surface area contributed by atoms with Gasteiger partial charge in [0.15, 0.2) is 6.61 Å². The van der Waals surface area contributed by atoms with E-state index in [9.17, 15) is 4.79 Å². The van der Waals surface area contributed by atoms with Crippen LogP contribution in [0.4, 0.5) is 0 Å². The van der Waals surface area contributed by atoms with Gasteiger partial charge in [0.2, 0.25) is 5.89 Å². The molecule has 3 heterocycles. The second kappa shape index (κ2) is 8.93. The van der Waals surface area contributed by atoms with Crippen molar-refractivity contribution in [2.45, 2.75) is 0 Å². The van der Waals surface area contributed by atoms with E-state index >= 15 is 0 Å². The van der Waals surface area contributed by atoms with Crippen LogP contribution in [0, 0.1) is 0 Å². The van der Waals surface area contributed by atoms with E-state index in [1.807, 2.05) is 0 Å². The number of oxazole rings is 1. The molecule has 0 saturated heterocycles. The molecular formula is C23H14Cl2N4O4. The van der Waals surface area contributed by atoms with E-state index in [-0.39, 0.29) is 24.2 Å². The van der Waals surface area contributed by atoms with E-state index in [0.717, 1.165) is 0 Å². The van der Waals surface area contributed by atoms with Gasteiger partial charge in [-0.1, -0.05) is 29.3 Å². The Kier molecular flexibility index (Phi) is 5.68. The van der Waals surface area contributed by atoms with E-state index in [0.29, 0.717) is 38.5 Å². The largest absolute Gasteiger partial charge is 0.482 e. The summed E-state index contributed by atoms with van der Waals surface area (Å²) in [5.41, 5.74) is 1.32. The number of aromatic nitrogens is 4. The Labute approximate surface area is 197 Å². The number of halogens is 2. The lowest BCUT2D eigenvalue weighted by molar-refractivity contribution is 0.0838. The number of ether oxygens (including phenoxy) is 2. The van der Waals surface area contributed by atoms with Crippen molar-refractivity contribution in [2.24, 2.45) is 0 Å². The summed E-state index contributed by atoms with van der Waals surface area (Å²) in [5.74, 6) is 0.956. The van der Waals surface area contributed by atoms with Crippen LogP contribution >= 0.6 is 23.2 Å². The van der Waals surface area contributed by atoms with Crippen LogP contribution < -0.4 is 9.47 Å². The van der Waals surface area contributed by atoms with Crippen molar-refractivity contribution in [1.82, 2.24) is 19.5 Å². The van der Waals surface area contributed by atoms with Gasteiger partial charge in [-0.3, -0.25) is 9.36 Å². The van der Waals surface area contributed by atoms with Crippen LogP contribution in [-0.4, -0.2) is 32.0 Å². The topological polar surface area (TPSA) is 92.3 Å². The Bertz CT molecular complexity index is 1450. The minimum atomic E-state index is -0.214. The summed E-state index contributed by atoms with van der Waals surface area (Å²) in [6, 6.07) is 15.5. The maximum absolute atomic E-state index is 12.1. The SMILES string of the molecule is O=C(COc1ccc(-c2nc3cnc(Oc4cccc(Cl)c4)nc3o2)cc1Cl)n1cccc1. The molecule has 0 atom stereocenters. The van der Waals surface area contributed by atoms with Crippen molar-refractivity contribution < 1.29 is 18.7 Å². The second-order valence-electron chi connectivity index (χ2n) is 6.84. The summed E-state index contributed by atoms with van der Waals surface area (Å²) in [4.78, 5) is 24.9. The fourth-order valence-electron chi connectivity index (χ4n) is 2.99. The Hall–Kier alpha value is -3.88. The maximum Gasteiger partial charge on any atom is 0.325 e. The van der Waals surface area contributed by atoms with Crippen LogP contribution in [0.2, 0.25) is 10.0 Å². The Morgan fingerprint density at radius 2 is 1.88 bits per heavy atom. The molecule has 0 aliphatic heterocycles. The number of benzene rings is 2. The first-order valence-corrected chi connectivity index (χ1v) is 10.5. The molecule has 5 rings (SSSR count). The molecule has 0 fully saturated rings. The highest BCUT2D eigenvalue weighted by Crippen LogP contribution is 2.32. The van der Waals surface area contributed by atoms with Gasteiger partial charge in [-0.05, 0) is 48.5 Å². The van der Waals surface area contributed by atoms with Crippen molar-refractivity contribution in [3.8, 4) is 29.0 Å². The third kappa shape index (κ3) is 4.67. The minimum absolute atomic E-state index is 0.0987. The van der Waals surface area contributed by atoms with Crippen molar-refractivity contribution in [3.05, 3.63) is 83.2 Å². The van der Waals surface area contributed by atoms with E-state index in [1.54, 1.807) is 67.0 Å². The average Bonchev–Trinajstić information content (AvgIpc) is 3.48. The minimum Gasteiger partial charge on any atom is -0.482 e. The van der Waals surface area contributed by atoms with E-state index < -0.39 is 0 Å². The Morgan fingerprint density at radius 3 is 2.67 bits per heavy atom. The van der Waals surface area contributed by atoms with Crippen LogP contribution in [0.3, 0.4) is 0 Å². The molecule has 33 heavy (non-hydrogen) atoms. The maximum atomic E-state index is 12.1. The molecule has 0 radical (unpaired) electrons. The predicted octanol–water partition coefficient (Wildman–Crippen LogP) is 5.90. The highest BCUT2D eigenvalue weighted by Gasteiger charge is 2.14. The monoisotopic (exact) mass is 480 g/mol. The number of nitrogens with zero attached hydrogens (tertiary/aromatic N) is 4. The number of carbonyl (C=O) groups is 1. The lowest BCUT2D eigenvalue weighted by Gasteiger charge is -2.08. The number of fused-ring (bicyclic) bond motifs is 1. The van der Waals surface area contributed by atoms with Crippen LogP contribution in [0.5, 0.6) is 17.5 Å². The van der Waals surface area contributed by atoms with Crippen molar-refractivity contribution in [3.63, 3.8) is 0 Å². The Balaban J connectivity index is 1.33. The molecule has 2 aromatic carbocycles. The third-order valence-electron chi connectivity index (χ3n) is 4.56. The molecule has 0 saturated carbocycles. The first kappa shape index (κ1) is 21.0. The van der Waals surface area contributed by atoms with Crippen molar-refractivity contribution in [2.75, 3.05) is 6.61 Å². The molecule has 0 N–H and O–H groups in total. The summed E-state index contributed by atoms with van der Waals surface area (Å²) >= 11 is 12.3. The van der Waals surface area contributed by atoms with Crippen LogP contribution in [-0.2, 0) is 0 Å². The lowest BCUT2D eigenvalue weighted by Crippen LogP contribution is -2.17. The van der Waals surface area contributed by atoms with Crippen molar-refractivity contribution in [1.29, 1.82) is 0 Å². The summed E-state index contributed by atoms with van der Waals surface area (Å²) in [5, 5.41) is 0.847. The first-order valence-electron chi connectivity index (χ1n) is 9.71. The lowest BCUT2D eigenvalue weighted by atomic mass is 10.2. The standard InChI is InChI=1S/C23H14Cl2N4O4/c24-15-4-3-5-16(11-15)32-23-26-12-18-22(28-23)33-21(27-18)14-6-7-19(17(25)10-14)31-13-20(30)29-8-1-2-9-29/h1-12H,13H2. The third-order valence-corrected chi connectivity index (χ3v) is 5.09. The van der Waals surface area contributed by atoms with E-state index in [4.69, 9.17) is 37.1 Å². The molecule has 10 heteroatoms. The molecule has 0 spiro atoms. The first-order chi connectivity index (χ1) is 16.0. The quantitative estimate of drug-likeness (QED) is 0.298. The summed E-state index contributed by atoms with van der Waals surface area (Å²) in [6.45, 7) is -0.151. The number of carbonyl (C=O) groups excluding carboxylic acids is 1. The summed E-state index contributed by atoms with van der Waals surface area (Å²) in [6.07, 6.45) is 4.80. The zero-order valence-electron chi connectivity index (χ0n) is 16.8. The smallest absolute Gasteiger partial charge is 0.325 e. The van der Waals surface area contributed by atoms with Crippen LogP contribution in [0.25, 0.3) is 22.7 Å². The van der Waals surface area contributed by atoms with Gasteiger partial charge in [0.25, 0.3) is 11.6 Å². The zero-order valence-corrected chi connectivity index (χ0v) is 18.3. The molecule has 0 unspecified atom stereocenters. The van der Waals surface area contributed by atoms with E-state index in [1.165, 1.54) is 10.8 Å². The fraction of sp³-hybridized carbons (Fsp3) is 0.0435. The Morgan fingerprint density at radius 1 is 1.03 bits per heavy atom. The normalized spacial score (nSPS) is 11.0. The van der Waals surface area contributed by atoms with Crippen molar-refractivity contribution >= 4 is 40.3 Å². The van der Waals surface area contributed by atoms with Gasteiger partial charge in [0, 0.05) is 23.0 Å². The van der Waals surface area contributed by atoms with Gasteiger partial charge in [-0.2, -0.15) is 4.98 Å². The number of rotatable bonds is 6. The van der Waals surface area contributed by atoms with Gasteiger partial charge >= 0.3 is 6.01 Å². The molecule has 5 aromatic rings. The molecule has 0 bridgehead atoms. The van der Waals surface area contributed by atoms with Crippen LogP contribution in [0.15, 0.2) is 77.6 Å². The molecule has 0 aliphatic rings. The predicted molar refractivity (Wildman–Crippen MR) is 122 cm³/mol. The van der Waals surface area contributed by atoms with Crippen LogP contribution in [0.1, 0.15) is 4.79 Å². The van der Waals surface area contributed by atoms with Gasteiger partial charge < -0.3 is 13.9 Å². The van der Waals surface area contributed by atoms with Gasteiger partial charge in [-0.25, -0.2) is 9.97 Å². The molecule has 164 valence electrons. The molecular weight excluding hydrogens is 467 g/mol. The molecule has 3 aromatic heterocycles. The van der Waals surface area contributed by atoms with Gasteiger partial charge in [0.05, 0.1) is 11.2 Å². The second-order valence-corrected chi connectivity index (χ2v) is 7.68. The summed E-state index contributed by atoms with van der Waals surface area (Å²) in [7, 11) is 0. The average molecular weight is 481 g/mol. The summed E-state index contributed by atoms with van der Waals surface area (Å²) < 4.78 is 18.4. The fourth-order valence-corrected chi connectivity index (χ4v) is 3.41. The number of hydrogen-bond donors (Lipinski definition) is 0. The van der Waals surface area contributed by atoms with Gasteiger partial charge in [-0.15, -0.1) is 0 Å². The molecule has 0 aliphatic carbocycles. The highest BCUT2D eigenvalue weighted by molar-refractivity contribution is 6.32. The molecule has 8 nitrogen and oxygen atoms in total. The van der Waals surface area contributed by atoms with E-state index in [2.05, 4.69) is 15.0 Å². The van der Waals surface area contributed by atoms with Gasteiger partial charge in [0.1, 0.15) is 17.0 Å². The molecule has 0 amide bonds.